The highest BCUT2D eigenvalue weighted by Gasteiger charge is 2.56. The van der Waals surface area contributed by atoms with Crippen LogP contribution in [0.4, 0.5) is 4.39 Å². The molecule has 0 aromatic carbocycles. The van der Waals surface area contributed by atoms with E-state index >= 15 is 0 Å². The summed E-state index contributed by atoms with van der Waals surface area (Å²) in [4.78, 5) is 0. The van der Waals surface area contributed by atoms with E-state index in [0.29, 0.717) is 36.0 Å². The van der Waals surface area contributed by atoms with E-state index in [1.165, 1.54) is 31.3 Å². The van der Waals surface area contributed by atoms with Crippen molar-refractivity contribution >= 4 is 0 Å². The third-order valence-corrected chi connectivity index (χ3v) is 8.54. The second-order valence-corrected chi connectivity index (χ2v) is 9.62. The summed E-state index contributed by atoms with van der Waals surface area (Å²) in [6.45, 7) is 6.11. The first kappa shape index (κ1) is 17.7. The normalized spacial score (nSPS) is 49.0. The molecule has 25 heavy (non-hydrogen) atoms. The van der Waals surface area contributed by atoms with Crippen LogP contribution in [0.3, 0.4) is 0 Å². The fraction of sp³-hybridized carbons (Fsp3) is 0.818. The molecular weight excluding hydrogens is 315 g/mol. The molecule has 0 aromatic heterocycles. The minimum Gasteiger partial charge on any atom is -0.392 e. The van der Waals surface area contributed by atoms with Crippen LogP contribution in [0.2, 0.25) is 0 Å². The molecule has 3 fully saturated rings. The minimum absolute atomic E-state index is 0.121. The molecule has 2 N–H and O–H groups in total. The standard InChI is InChI=1S/C22H33FO2/c1-14(12-24)19-5-6-20-18-4-3-15-11-22(25,13-23)10-8-16(15)17(18)7-9-21(19,20)2/h3,16-20,24-25H,1,4-13H2,2H3/t16-,17+,18+,19+,20-,21+,22-/m0/s1. The summed E-state index contributed by atoms with van der Waals surface area (Å²) in [5.41, 5.74) is 1.56. The van der Waals surface area contributed by atoms with Gasteiger partial charge >= 0.3 is 0 Å². The van der Waals surface area contributed by atoms with Gasteiger partial charge in [-0.2, -0.15) is 0 Å². The molecule has 2 nitrogen and oxygen atoms in total. The van der Waals surface area contributed by atoms with Crippen LogP contribution in [0.5, 0.6) is 0 Å². The minimum atomic E-state index is -1.10. The molecule has 0 aromatic rings. The van der Waals surface area contributed by atoms with E-state index < -0.39 is 12.3 Å². The Hall–Kier alpha value is -0.670. The maximum absolute atomic E-state index is 13.2. The summed E-state index contributed by atoms with van der Waals surface area (Å²) in [5, 5.41) is 20.0. The van der Waals surface area contributed by atoms with Crippen LogP contribution in [0, 0.1) is 35.0 Å². The number of hydrogen-bond acceptors (Lipinski definition) is 2. The number of rotatable bonds is 3. The van der Waals surface area contributed by atoms with E-state index in [0.717, 1.165) is 30.3 Å². The molecule has 3 saturated carbocycles. The zero-order chi connectivity index (χ0) is 17.8. The van der Waals surface area contributed by atoms with E-state index in [1.807, 2.05) is 0 Å². The number of alkyl halides is 1. The van der Waals surface area contributed by atoms with Crippen molar-refractivity contribution in [3.8, 4) is 0 Å². The number of halogens is 1. The average Bonchev–Trinajstić information content (AvgIpc) is 2.98. The molecule has 0 aliphatic heterocycles. The van der Waals surface area contributed by atoms with Gasteiger partial charge in [-0.1, -0.05) is 25.2 Å². The first-order valence-electron chi connectivity index (χ1n) is 10.2. The monoisotopic (exact) mass is 348 g/mol. The highest BCUT2D eigenvalue weighted by Crippen LogP contribution is 2.64. The first-order valence-corrected chi connectivity index (χ1v) is 10.2. The third-order valence-electron chi connectivity index (χ3n) is 8.54. The van der Waals surface area contributed by atoms with Gasteiger partial charge < -0.3 is 10.2 Å². The van der Waals surface area contributed by atoms with Crippen molar-refractivity contribution < 1.29 is 14.6 Å². The Morgan fingerprint density at radius 1 is 1.24 bits per heavy atom. The molecule has 3 heteroatoms. The lowest BCUT2D eigenvalue weighted by atomic mass is 9.51. The van der Waals surface area contributed by atoms with Crippen molar-refractivity contribution in [3.05, 3.63) is 23.8 Å². The Bertz CT molecular complexity index is 585. The van der Waals surface area contributed by atoms with Crippen LogP contribution in [0.15, 0.2) is 23.8 Å². The Morgan fingerprint density at radius 2 is 2.04 bits per heavy atom. The van der Waals surface area contributed by atoms with Gasteiger partial charge in [0.15, 0.2) is 0 Å². The summed E-state index contributed by atoms with van der Waals surface area (Å²) in [5.74, 6) is 3.19. The number of fused-ring (bicyclic) bond motifs is 5. The van der Waals surface area contributed by atoms with Gasteiger partial charge in [0.25, 0.3) is 0 Å². The van der Waals surface area contributed by atoms with Gasteiger partial charge in [0.2, 0.25) is 0 Å². The molecule has 0 heterocycles. The molecule has 4 aliphatic carbocycles. The maximum Gasteiger partial charge on any atom is 0.118 e. The van der Waals surface area contributed by atoms with Crippen LogP contribution in [-0.2, 0) is 0 Å². The van der Waals surface area contributed by atoms with E-state index in [1.54, 1.807) is 0 Å². The highest BCUT2D eigenvalue weighted by atomic mass is 19.1. The van der Waals surface area contributed by atoms with Gasteiger partial charge in [-0.15, -0.1) is 0 Å². The van der Waals surface area contributed by atoms with Crippen LogP contribution in [0.1, 0.15) is 58.3 Å². The Kier molecular flexibility index (Phi) is 4.39. The summed E-state index contributed by atoms with van der Waals surface area (Å²) in [7, 11) is 0. The van der Waals surface area contributed by atoms with Gasteiger partial charge in [0.1, 0.15) is 6.67 Å². The van der Waals surface area contributed by atoms with Gasteiger partial charge in [0, 0.05) is 0 Å². The molecule has 0 radical (unpaired) electrons. The molecule has 0 amide bonds. The van der Waals surface area contributed by atoms with E-state index in [4.69, 9.17) is 0 Å². The fourth-order valence-corrected chi connectivity index (χ4v) is 7.26. The topological polar surface area (TPSA) is 40.5 Å². The van der Waals surface area contributed by atoms with E-state index in [9.17, 15) is 14.6 Å². The Balaban J connectivity index is 1.57. The lowest BCUT2D eigenvalue weighted by molar-refractivity contribution is -0.0445. The summed E-state index contributed by atoms with van der Waals surface area (Å²) in [6, 6.07) is 0. The van der Waals surface area contributed by atoms with Gasteiger partial charge in [-0.05, 0) is 91.9 Å². The van der Waals surface area contributed by atoms with Gasteiger partial charge in [-0.25, -0.2) is 4.39 Å². The second-order valence-electron chi connectivity index (χ2n) is 9.62. The summed E-state index contributed by atoms with van der Waals surface area (Å²) < 4.78 is 13.2. The zero-order valence-corrected chi connectivity index (χ0v) is 15.5. The molecular formula is C22H33FO2. The molecule has 4 rings (SSSR count). The van der Waals surface area contributed by atoms with Crippen molar-refractivity contribution in [3.63, 3.8) is 0 Å². The van der Waals surface area contributed by atoms with Crippen LogP contribution >= 0.6 is 0 Å². The predicted molar refractivity (Wildman–Crippen MR) is 97.7 cm³/mol. The molecule has 0 spiro atoms. The summed E-state index contributed by atoms with van der Waals surface area (Å²) >= 11 is 0. The molecule has 0 unspecified atom stereocenters. The lowest BCUT2D eigenvalue weighted by Crippen LogP contribution is -2.48. The Morgan fingerprint density at radius 3 is 2.76 bits per heavy atom. The van der Waals surface area contributed by atoms with E-state index in [2.05, 4.69) is 19.6 Å². The van der Waals surface area contributed by atoms with Crippen molar-refractivity contribution in [1.29, 1.82) is 0 Å². The average molecular weight is 349 g/mol. The largest absolute Gasteiger partial charge is 0.392 e. The van der Waals surface area contributed by atoms with Crippen LogP contribution in [0.25, 0.3) is 0 Å². The molecule has 0 bridgehead atoms. The second kappa shape index (κ2) is 6.20. The zero-order valence-electron chi connectivity index (χ0n) is 15.5. The fourth-order valence-electron chi connectivity index (χ4n) is 7.26. The molecule has 140 valence electrons. The number of aliphatic hydroxyl groups is 2. The van der Waals surface area contributed by atoms with Crippen molar-refractivity contribution in [1.82, 2.24) is 0 Å². The SMILES string of the molecule is C=C(CO)[C@H]1CC[C@H]2[C@@H]3CC=C4C[C@](O)(CF)CC[C@@H]4[C@H]3CC[C@]12C. The molecule has 4 aliphatic rings. The maximum atomic E-state index is 13.2. The van der Waals surface area contributed by atoms with Crippen molar-refractivity contribution in [2.24, 2.45) is 35.0 Å². The first-order chi connectivity index (χ1) is 11.9. The predicted octanol–water partition coefficient (Wildman–Crippen LogP) is 4.42. The number of hydrogen-bond donors (Lipinski definition) is 2. The summed E-state index contributed by atoms with van der Waals surface area (Å²) in [6.07, 6.45) is 10.4. The molecule has 0 saturated heterocycles. The molecule has 7 atom stereocenters. The Labute approximate surface area is 151 Å². The van der Waals surface area contributed by atoms with Crippen molar-refractivity contribution in [2.45, 2.75) is 63.9 Å². The third kappa shape index (κ3) is 2.65. The van der Waals surface area contributed by atoms with E-state index in [-0.39, 0.29) is 6.61 Å². The lowest BCUT2D eigenvalue weighted by Gasteiger charge is -2.54. The highest BCUT2D eigenvalue weighted by molar-refractivity contribution is 5.23. The van der Waals surface area contributed by atoms with Crippen LogP contribution < -0.4 is 0 Å². The number of aliphatic hydroxyl groups excluding tert-OH is 1. The number of allylic oxidation sites excluding steroid dienone is 1. The quantitative estimate of drug-likeness (QED) is 0.741. The smallest absolute Gasteiger partial charge is 0.118 e. The van der Waals surface area contributed by atoms with Crippen LogP contribution in [-0.4, -0.2) is 29.1 Å². The van der Waals surface area contributed by atoms with Gasteiger partial charge in [0.05, 0.1) is 12.2 Å². The van der Waals surface area contributed by atoms with Crippen molar-refractivity contribution in [2.75, 3.05) is 13.3 Å². The van der Waals surface area contributed by atoms with Gasteiger partial charge in [-0.3, -0.25) is 0 Å².